The Morgan fingerprint density at radius 3 is 2.52 bits per heavy atom. The molecule has 0 saturated carbocycles. The number of nitrogens with one attached hydrogen (secondary N) is 2. The first-order chi connectivity index (χ1) is 14.9. The van der Waals surface area contributed by atoms with Crippen molar-refractivity contribution < 1.29 is 19.2 Å². The van der Waals surface area contributed by atoms with Gasteiger partial charge in [-0.25, -0.2) is 4.79 Å². The van der Waals surface area contributed by atoms with Crippen LogP contribution in [0.1, 0.15) is 20.8 Å². The van der Waals surface area contributed by atoms with E-state index in [-0.39, 0.29) is 16.5 Å². The molecular weight excluding hydrogens is 438 g/mol. The lowest BCUT2D eigenvalue weighted by Gasteiger charge is -2.11. The van der Waals surface area contributed by atoms with Gasteiger partial charge in [-0.1, -0.05) is 30.3 Å². The van der Waals surface area contributed by atoms with Gasteiger partial charge in [0, 0.05) is 11.3 Å². The Bertz CT molecular complexity index is 1120. The summed E-state index contributed by atoms with van der Waals surface area (Å²) in [6.07, 6.45) is 0.640. The van der Waals surface area contributed by atoms with E-state index >= 15 is 0 Å². The van der Waals surface area contributed by atoms with Crippen LogP contribution in [0.15, 0.2) is 54.6 Å². The van der Waals surface area contributed by atoms with Crippen molar-refractivity contribution in [3.05, 3.63) is 80.7 Å². The molecule has 0 fully saturated rings. The van der Waals surface area contributed by atoms with E-state index in [1.54, 1.807) is 12.1 Å². The lowest BCUT2D eigenvalue weighted by Crippen LogP contribution is -2.20. The summed E-state index contributed by atoms with van der Waals surface area (Å²) in [6.45, 7) is 0. The summed E-state index contributed by atoms with van der Waals surface area (Å²) < 4.78 is 9.91. The third-order valence-electron chi connectivity index (χ3n) is 4.29. The van der Waals surface area contributed by atoms with E-state index in [0.717, 1.165) is 10.4 Å². The number of nitrogens with zero attached hydrogens (tertiary/aromatic N) is 1. The standard InChI is InChI=1S/C21H19N3O5S2/c1-28-14-8-9-17(18(11-14)24(26)27)22-21(30)23-19-16(20(25)29-2)12-15(31-19)10-13-6-4-3-5-7-13/h3-9,11-12H,10H2,1-2H3,(H2,22,23,30). The Hall–Kier alpha value is -3.50. The van der Waals surface area contributed by atoms with Gasteiger partial charge in [0.15, 0.2) is 5.11 Å². The number of ether oxygens (including phenoxy) is 2. The van der Waals surface area contributed by atoms with Crippen LogP contribution in [0, 0.1) is 10.1 Å². The van der Waals surface area contributed by atoms with Crippen LogP contribution in [-0.4, -0.2) is 30.2 Å². The first-order valence-corrected chi connectivity index (χ1v) is 10.3. The van der Waals surface area contributed by atoms with E-state index in [1.165, 1.54) is 37.7 Å². The number of thiocarbonyl (C=S) groups is 1. The molecular formula is C21H19N3O5S2. The molecule has 0 bridgehead atoms. The Balaban J connectivity index is 1.82. The molecule has 31 heavy (non-hydrogen) atoms. The molecule has 0 unspecified atom stereocenters. The number of anilines is 2. The van der Waals surface area contributed by atoms with Crippen LogP contribution in [-0.2, 0) is 11.2 Å². The van der Waals surface area contributed by atoms with Gasteiger partial charge in [-0.3, -0.25) is 10.1 Å². The Labute approximate surface area is 188 Å². The van der Waals surface area contributed by atoms with Gasteiger partial charge in [0.2, 0.25) is 0 Å². The SMILES string of the molecule is COC(=O)c1cc(Cc2ccccc2)sc1NC(=S)Nc1ccc(OC)cc1[N+](=O)[O-]. The van der Waals surface area contributed by atoms with Gasteiger partial charge in [-0.05, 0) is 36.0 Å². The molecule has 0 aliphatic heterocycles. The zero-order valence-electron chi connectivity index (χ0n) is 16.7. The fourth-order valence-electron chi connectivity index (χ4n) is 2.83. The van der Waals surface area contributed by atoms with Gasteiger partial charge in [0.25, 0.3) is 5.69 Å². The van der Waals surface area contributed by atoms with Crippen LogP contribution in [0.3, 0.4) is 0 Å². The summed E-state index contributed by atoms with van der Waals surface area (Å²) in [4.78, 5) is 24.0. The van der Waals surface area contributed by atoms with Crippen molar-refractivity contribution in [2.75, 3.05) is 24.9 Å². The van der Waals surface area contributed by atoms with Gasteiger partial charge in [0.05, 0.1) is 30.8 Å². The molecule has 3 aromatic rings. The number of thiophene rings is 1. The maximum atomic E-state index is 12.2. The highest BCUT2D eigenvalue weighted by Crippen LogP contribution is 2.32. The zero-order valence-corrected chi connectivity index (χ0v) is 18.3. The van der Waals surface area contributed by atoms with Crippen LogP contribution < -0.4 is 15.4 Å². The van der Waals surface area contributed by atoms with Gasteiger partial charge in [-0.15, -0.1) is 11.3 Å². The van der Waals surface area contributed by atoms with E-state index in [4.69, 9.17) is 21.7 Å². The third-order valence-corrected chi connectivity index (χ3v) is 5.54. The number of hydrogen-bond donors (Lipinski definition) is 2. The molecule has 160 valence electrons. The summed E-state index contributed by atoms with van der Waals surface area (Å²) >= 11 is 6.69. The summed E-state index contributed by atoms with van der Waals surface area (Å²) in [7, 11) is 2.73. The number of methoxy groups -OCH3 is 2. The fourth-order valence-corrected chi connectivity index (χ4v) is 4.19. The van der Waals surface area contributed by atoms with Crippen LogP contribution in [0.5, 0.6) is 5.75 Å². The lowest BCUT2D eigenvalue weighted by atomic mass is 10.1. The predicted molar refractivity (Wildman–Crippen MR) is 124 cm³/mol. The van der Waals surface area contributed by atoms with Crippen molar-refractivity contribution in [2.24, 2.45) is 0 Å². The quantitative estimate of drug-likeness (QED) is 0.225. The molecule has 2 aromatic carbocycles. The number of hydrogen-bond acceptors (Lipinski definition) is 7. The minimum atomic E-state index is -0.531. The van der Waals surface area contributed by atoms with E-state index in [0.29, 0.717) is 22.7 Å². The third kappa shape index (κ3) is 5.56. The summed E-state index contributed by atoms with van der Waals surface area (Å²) in [5, 5.41) is 17.7. The minimum Gasteiger partial charge on any atom is -0.496 e. The van der Waals surface area contributed by atoms with Crippen molar-refractivity contribution in [3.63, 3.8) is 0 Å². The normalized spacial score (nSPS) is 10.3. The second-order valence-corrected chi connectivity index (χ2v) is 7.87. The molecule has 0 atom stereocenters. The zero-order chi connectivity index (χ0) is 22.4. The molecule has 2 N–H and O–H groups in total. The molecule has 10 heteroatoms. The second-order valence-electron chi connectivity index (χ2n) is 6.33. The maximum absolute atomic E-state index is 12.2. The molecule has 0 radical (unpaired) electrons. The summed E-state index contributed by atoms with van der Waals surface area (Å²) in [6, 6.07) is 16.0. The average molecular weight is 458 g/mol. The molecule has 0 aliphatic rings. The number of esters is 1. The molecule has 0 aliphatic carbocycles. The van der Waals surface area contributed by atoms with Crippen LogP contribution in [0.25, 0.3) is 0 Å². The Morgan fingerprint density at radius 1 is 1.13 bits per heavy atom. The Kier molecular flexibility index (Phi) is 7.16. The number of nitro groups is 1. The lowest BCUT2D eigenvalue weighted by molar-refractivity contribution is -0.384. The second kappa shape index (κ2) is 10.0. The molecule has 0 amide bonds. The van der Waals surface area contributed by atoms with Gasteiger partial charge in [-0.2, -0.15) is 0 Å². The van der Waals surface area contributed by atoms with E-state index in [2.05, 4.69) is 10.6 Å². The van der Waals surface area contributed by atoms with Gasteiger partial charge < -0.3 is 20.1 Å². The van der Waals surface area contributed by atoms with E-state index in [1.807, 2.05) is 30.3 Å². The maximum Gasteiger partial charge on any atom is 0.340 e. The van der Waals surface area contributed by atoms with Crippen LogP contribution >= 0.6 is 23.6 Å². The summed E-state index contributed by atoms with van der Waals surface area (Å²) in [5.41, 5.74) is 1.45. The highest BCUT2D eigenvalue weighted by Gasteiger charge is 2.20. The van der Waals surface area contributed by atoms with Crippen molar-refractivity contribution in [1.29, 1.82) is 0 Å². The fraction of sp³-hybridized carbons (Fsp3) is 0.143. The van der Waals surface area contributed by atoms with Crippen molar-refractivity contribution in [1.82, 2.24) is 0 Å². The monoisotopic (exact) mass is 457 g/mol. The topological polar surface area (TPSA) is 103 Å². The number of carbonyl (C=O) groups excluding carboxylic acids is 1. The molecule has 3 rings (SSSR count). The average Bonchev–Trinajstić information content (AvgIpc) is 3.15. The van der Waals surface area contributed by atoms with Gasteiger partial charge in [0.1, 0.15) is 16.4 Å². The number of carbonyl (C=O) groups is 1. The first-order valence-electron chi connectivity index (χ1n) is 9.06. The largest absolute Gasteiger partial charge is 0.496 e. The van der Waals surface area contributed by atoms with E-state index in [9.17, 15) is 14.9 Å². The van der Waals surface area contributed by atoms with Gasteiger partial charge >= 0.3 is 5.97 Å². The molecule has 8 nitrogen and oxygen atoms in total. The summed E-state index contributed by atoms with van der Waals surface area (Å²) in [5.74, 6) is -0.149. The highest BCUT2D eigenvalue weighted by molar-refractivity contribution is 7.80. The number of nitro benzene ring substituents is 1. The Morgan fingerprint density at radius 2 is 1.87 bits per heavy atom. The molecule has 0 spiro atoms. The van der Waals surface area contributed by atoms with Crippen molar-refractivity contribution in [3.8, 4) is 5.75 Å². The number of rotatable bonds is 7. The van der Waals surface area contributed by atoms with Crippen molar-refractivity contribution >= 4 is 51.0 Å². The number of benzene rings is 2. The molecule has 1 aromatic heterocycles. The first kappa shape index (κ1) is 22.2. The predicted octanol–water partition coefficient (Wildman–Crippen LogP) is 4.85. The van der Waals surface area contributed by atoms with Crippen LogP contribution in [0.2, 0.25) is 0 Å². The smallest absolute Gasteiger partial charge is 0.340 e. The highest BCUT2D eigenvalue weighted by atomic mass is 32.1. The van der Waals surface area contributed by atoms with Crippen LogP contribution in [0.4, 0.5) is 16.4 Å². The van der Waals surface area contributed by atoms with E-state index < -0.39 is 10.9 Å². The molecule has 0 saturated heterocycles. The minimum absolute atomic E-state index is 0.103. The molecule has 1 heterocycles. The van der Waals surface area contributed by atoms with Crippen molar-refractivity contribution in [2.45, 2.75) is 6.42 Å².